The molecular weight excluding hydrogens is 310 g/mol. The predicted octanol–water partition coefficient (Wildman–Crippen LogP) is 0.853. The molecule has 0 aromatic carbocycles. The predicted molar refractivity (Wildman–Crippen MR) is 84.6 cm³/mol. The van der Waals surface area contributed by atoms with Gasteiger partial charge in [-0.05, 0) is 18.8 Å². The van der Waals surface area contributed by atoms with Crippen molar-refractivity contribution in [2.75, 3.05) is 13.1 Å². The van der Waals surface area contributed by atoms with Crippen molar-refractivity contribution in [3.8, 4) is 0 Å². The van der Waals surface area contributed by atoms with Gasteiger partial charge < -0.3 is 14.3 Å². The highest BCUT2D eigenvalue weighted by Gasteiger charge is 2.55. The normalized spacial score (nSPS) is 26.1. The van der Waals surface area contributed by atoms with Crippen LogP contribution in [0.15, 0.2) is 15.4 Å². The lowest BCUT2D eigenvalue weighted by atomic mass is 9.80. The number of carbonyl (C=O) groups is 1. The van der Waals surface area contributed by atoms with Crippen LogP contribution in [-0.2, 0) is 18.9 Å². The number of aromatic nitrogens is 4. The van der Waals surface area contributed by atoms with Gasteiger partial charge in [0.2, 0.25) is 11.8 Å². The van der Waals surface area contributed by atoms with Gasteiger partial charge in [-0.1, -0.05) is 13.3 Å². The molecule has 4 rings (SSSR count). The summed E-state index contributed by atoms with van der Waals surface area (Å²) >= 11 is 0. The van der Waals surface area contributed by atoms with Gasteiger partial charge in [0.25, 0.3) is 5.91 Å². The van der Waals surface area contributed by atoms with Crippen molar-refractivity contribution in [3.63, 3.8) is 0 Å². The van der Waals surface area contributed by atoms with Crippen LogP contribution in [0.2, 0.25) is 0 Å². The van der Waals surface area contributed by atoms with Gasteiger partial charge in [0, 0.05) is 32.8 Å². The van der Waals surface area contributed by atoms with Crippen molar-refractivity contribution in [1.29, 1.82) is 0 Å². The van der Waals surface area contributed by atoms with E-state index in [2.05, 4.69) is 15.2 Å². The third kappa shape index (κ3) is 2.05. The molecule has 0 radical (unpaired) electrons. The van der Waals surface area contributed by atoms with Crippen LogP contribution in [0, 0.1) is 5.92 Å². The standard InChI is InChI=1S/C16H21N5O3/c1-3-12-18-19-14(24-12)16-6-4-5-10(16)8-21(9-16)13(22)11-7-17-15(23)20(11)2/h7,10H,3-6,8-9H2,1-2H3,(H,17,23)/t10-,16-/m0/s1. The smallest absolute Gasteiger partial charge is 0.325 e. The fourth-order valence-corrected chi connectivity index (χ4v) is 4.19. The monoisotopic (exact) mass is 331 g/mol. The molecule has 1 aliphatic carbocycles. The average Bonchev–Trinajstić information content (AvgIpc) is 3.30. The number of nitrogens with one attached hydrogen (secondary N) is 1. The Kier molecular flexibility index (Phi) is 3.36. The summed E-state index contributed by atoms with van der Waals surface area (Å²) in [5.74, 6) is 1.52. The second-order valence-electron chi connectivity index (χ2n) is 6.82. The first-order valence-electron chi connectivity index (χ1n) is 8.41. The molecule has 2 atom stereocenters. The Morgan fingerprint density at radius 3 is 3.00 bits per heavy atom. The van der Waals surface area contributed by atoms with E-state index in [0.717, 1.165) is 19.3 Å². The highest BCUT2D eigenvalue weighted by Crippen LogP contribution is 2.50. The van der Waals surface area contributed by atoms with Gasteiger partial charge in [-0.25, -0.2) is 4.79 Å². The maximum Gasteiger partial charge on any atom is 0.325 e. The van der Waals surface area contributed by atoms with Crippen LogP contribution in [0.5, 0.6) is 0 Å². The van der Waals surface area contributed by atoms with Crippen LogP contribution < -0.4 is 5.69 Å². The molecule has 2 aliphatic rings. The number of imidazole rings is 1. The zero-order chi connectivity index (χ0) is 16.9. The molecule has 8 heteroatoms. The first kappa shape index (κ1) is 15.2. The molecule has 0 unspecified atom stereocenters. The van der Waals surface area contributed by atoms with Gasteiger partial charge >= 0.3 is 5.69 Å². The van der Waals surface area contributed by atoms with Crippen LogP contribution in [0.1, 0.15) is 48.5 Å². The molecule has 1 aliphatic heterocycles. The van der Waals surface area contributed by atoms with E-state index in [9.17, 15) is 9.59 Å². The fraction of sp³-hybridized carbons (Fsp3) is 0.625. The van der Waals surface area contributed by atoms with Crippen molar-refractivity contribution in [2.45, 2.75) is 38.0 Å². The molecule has 1 amide bonds. The van der Waals surface area contributed by atoms with Gasteiger partial charge in [-0.3, -0.25) is 9.36 Å². The molecule has 0 spiro atoms. The van der Waals surface area contributed by atoms with Crippen LogP contribution in [-0.4, -0.2) is 43.6 Å². The Morgan fingerprint density at radius 2 is 2.33 bits per heavy atom. The lowest BCUT2D eigenvalue weighted by Crippen LogP contribution is -2.36. The minimum absolute atomic E-state index is 0.125. The lowest BCUT2D eigenvalue weighted by Gasteiger charge is -2.24. The van der Waals surface area contributed by atoms with E-state index in [0.29, 0.717) is 42.9 Å². The SMILES string of the molecule is CCc1nnc([C@]23CCC[C@H]2CN(C(=O)c2c[nH]c(=O)n2C)C3)o1. The lowest BCUT2D eigenvalue weighted by molar-refractivity contribution is 0.0765. The number of hydrogen-bond acceptors (Lipinski definition) is 5. The molecule has 8 nitrogen and oxygen atoms in total. The highest BCUT2D eigenvalue weighted by atomic mass is 16.4. The van der Waals surface area contributed by atoms with Gasteiger partial charge in [-0.2, -0.15) is 0 Å². The zero-order valence-electron chi connectivity index (χ0n) is 13.9. The highest BCUT2D eigenvalue weighted by molar-refractivity contribution is 5.92. The van der Waals surface area contributed by atoms with Crippen LogP contribution in [0.4, 0.5) is 0 Å². The molecule has 24 heavy (non-hydrogen) atoms. The summed E-state index contributed by atoms with van der Waals surface area (Å²) in [5.41, 5.74) is -0.127. The van der Waals surface area contributed by atoms with Crippen molar-refractivity contribution >= 4 is 5.91 Å². The van der Waals surface area contributed by atoms with Crippen LogP contribution >= 0.6 is 0 Å². The minimum atomic E-state index is -0.281. The van der Waals surface area contributed by atoms with E-state index in [-0.39, 0.29) is 17.0 Å². The summed E-state index contributed by atoms with van der Waals surface area (Å²) in [4.78, 5) is 28.8. The van der Waals surface area contributed by atoms with Crippen molar-refractivity contribution in [3.05, 3.63) is 34.2 Å². The van der Waals surface area contributed by atoms with Gasteiger partial charge in [0.15, 0.2) is 0 Å². The molecule has 128 valence electrons. The average molecular weight is 331 g/mol. The third-order valence-corrected chi connectivity index (χ3v) is 5.57. The third-order valence-electron chi connectivity index (χ3n) is 5.57. The molecule has 1 saturated heterocycles. The number of H-pyrrole nitrogens is 1. The number of nitrogens with zero attached hydrogens (tertiary/aromatic N) is 4. The molecular formula is C16H21N5O3. The Balaban J connectivity index is 1.64. The molecule has 2 aromatic heterocycles. The zero-order valence-corrected chi connectivity index (χ0v) is 13.9. The summed E-state index contributed by atoms with van der Waals surface area (Å²) in [7, 11) is 1.60. The minimum Gasteiger partial charge on any atom is -0.425 e. The molecule has 2 aromatic rings. The summed E-state index contributed by atoms with van der Waals surface area (Å²) in [6.07, 6.45) is 5.31. The molecule has 1 N–H and O–H groups in total. The van der Waals surface area contributed by atoms with Crippen molar-refractivity contribution in [2.24, 2.45) is 13.0 Å². The van der Waals surface area contributed by atoms with E-state index >= 15 is 0 Å². The second-order valence-corrected chi connectivity index (χ2v) is 6.82. The van der Waals surface area contributed by atoms with Gasteiger partial charge in [0.05, 0.1) is 5.41 Å². The maximum absolute atomic E-state index is 12.8. The van der Waals surface area contributed by atoms with Crippen molar-refractivity contribution < 1.29 is 9.21 Å². The number of aryl methyl sites for hydroxylation is 1. The quantitative estimate of drug-likeness (QED) is 0.899. The molecule has 3 heterocycles. The van der Waals surface area contributed by atoms with E-state index in [1.165, 1.54) is 10.8 Å². The Hall–Kier alpha value is -2.38. The Bertz CT molecular complexity index is 835. The number of hydrogen-bond donors (Lipinski definition) is 1. The summed E-state index contributed by atoms with van der Waals surface area (Å²) < 4.78 is 7.21. The van der Waals surface area contributed by atoms with E-state index in [1.54, 1.807) is 7.05 Å². The number of fused-ring (bicyclic) bond motifs is 1. The number of aromatic amines is 1. The molecule has 2 fully saturated rings. The number of rotatable bonds is 3. The summed E-state index contributed by atoms with van der Waals surface area (Å²) in [6, 6.07) is 0. The summed E-state index contributed by atoms with van der Waals surface area (Å²) in [5, 5.41) is 8.38. The van der Waals surface area contributed by atoms with Crippen LogP contribution in [0.25, 0.3) is 0 Å². The largest absolute Gasteiger partial charge is 0.425 e. The number of likely N-dealkylation sites (tertiary alicyclic amines) is 1. The Morgan fingerprint density at radius 1 is 1.50 bits per heavy atom. The molecule has 0 bridgehead atoms. The number of carbonyl (C=O) groups excluding carboxylic acids is 1. The van der Waals surface area contributed by atoms with E-state index in [1.807, 2.05) is 11.8 Å². The number of amides is 1. The topological polar surface area (TPSA) is 97.0 Å². The van der Waals surface area contributed by atoms with E-state index < -0.39 is 0 Å². The maximum atomic E-state index is 12.8. The fourth-order valence-electron chi connectivity index (χ4n) is 4.19. The second kappa shape index (κ2) is 5.32. The van der Waals surface area contributed by atoms with Crippen molar-refractivity contribution in [1.82, 2.24) is 24.6 Å². The van der Waals surface area contributed by atoms with Gasteiger partial charge in [-0.15, -0.1) is 10.2 Å². The first-order valence-corrected chi connectivity index (χ1v) is 8.41. The van der Waals surface area contributed by atoms with Gasteiger partial charge in [0.1, 0.15) is 5.69 Å². The van der Waals surface area contributed by atoms with Crippen LogP contribution in [0.3, 0.4) is 0 Å². The van der Waals surface area contributed by atoms with E-state index in [4.69, 9.17) is 4.42 Å². The Labute approximate surface area is 138 Å². The molecule has 1 saturated carbocycles. The first-order chi connectivity index (χ1) is 11.5. The summed E-state index contributed by atoms with van der Waals surface area (Å²) in [6.45, 7) is 3.22.